The number of nitrogens with two attached hydrogens (primary N) is 2. The maximum Gasteiger partial charge on any atom is 0.0923 e. The minimum Gasteiger partial charge on any atom is -0.392 e. The van der Waals surface area contributed by atoms with Crippen molar-refractivity contribution in [1.82, 2.24) is 0 Å². The molecule has 0 aliphatic heterocycles. The van der Waals surface area contributed by atoms with E-state index in [2.05, 4.69) is 12.2 Å². The molecule has 8 heavy (non-hydrogen) atoms. The van der Waals surface area contributed by atoms with E-state index in [1.807, 2.05) is 0 Å². The van der Waals surface area contributed by atoms with Crippen LogP contribution in [0.3, 0.4) is 0 Å². The Balaban J connectivity index is 0. The van der Waals surface area contributed by atoms with Crippen LogP contribution in [0.1, 0.15) is 13.8 Å². The van der Waals surface area contributed by atoms with E-state index in [1.165, 1.54) is 0 Å². The molecule has 0 aliphatic carbocycles. The lowest BCUT2D eigenvalue weighted by Gasteiger charge is -2.14. The third kappa shape index (κ3) is 4.30. The van der Waals surface area contributed by atoms with Crippen LogP contribution in [0.2, 0.25) is 0 Å². The molecular weight excluding hydrogens is 144 g/mol. The Morgan fingerprint density at radius 1 is 1.50 bits per heavy atom. The molecule has 0 bridgehead atoms. The Morgan fingerprint density at radius 3 is 1.62 bits per heavy atom. The molecule has 0 amide bonds. The molecule has 50 valence electrons. The van der Waals surface area contributed by atoms with E-state index in [0.29, 0.717) is 4.99 Å². The fourth-order valence-electron chi connectivity index (χ4n) is 0. The van der Waals surface area contributed by atoms with Crippen molar-refractivity contribution < 1.29 is 0 Å². The van der Waals surface area contributed by atoms with Crippen molar-refractivity contribution in [2.45, 2.75) is 19.4 Å². The van der Waals surface area contributed by atoms with Crippen LogP contribution in [0.5, 0.6) is 0 Å². The largest absolute Gasteiger partial charge is 0.392 e. The Labute approximate surface area is 61.0 Å². The van der Waals surface area contributed by atoms with Crippen molar-refractivity contribution in [2.75, 3.05) is 0 Å². The fourth-order valence-corrected chi connectivity index (χ4v) is 0. The summed E-state index contributed by atoms with van der Waals surface area (Å²) < 4.78 is 0. The fraction of sp³-hybridized carbons (Fsp3) is 0.750. The third-order valence-electron chi connectivity index (χ3n) is 0.635. The highest BCUT2D eigenvalue weighted by Gasteiger charge is 2.12. The molecule has 0 saturated heterocycles. The lowest BCUT2D eigenvalue weighted by atomic mass is 10.1. The molecular formula is C4H11ClN2S. The second-order valence-corrected chi connectivity index (χ2v) is 2.53. The van der Waals surface area contributed by atoms with E-state index in [1.54, 1.807) is 13.8 Å². The molecule has 0 aromatic heterocycles. The zero-order valence-electron chi connectivity index (χ0n) is 4.97. The topological polar surface area (TPSA) is 52.0 Å². The number of thiocarbonyl (C=S) groups is 1. The molecule has 0 rings (SSSR count). The maximum atomic E-state index is 5.41. The van der Waals surface area contributed by atoms with E-state index in [4.69, 9.17) is 11.5 Å². The predicted molar refractivity (Wildman–Crippen MR) is 42.3 cm³/mol. The Kier molecular flexibility index (Phi) is 4.43. The van der Waals surface area contributed by atoms with Crippen LogP contribution in [0.15, 0.2) is 0 Å². The van der Waals surface area contributed by atoms with Crippen molar-refractivity contribution in [3.8, 4) is 0 Å². The number of halogens is 1. The SMILES string of the molecule is CC(C)(N)C(N)=S.Cl. The first-order valence-corrected chi connectivity index (χ1v) is 2.44. The molecule has 2 nitrogen and oxygen atoms in total. The standard InChI is InChI=1S/C4H10N2S.ClH/c1-4(2,6)3(5)7;/h6H2,1-2H3,(H2,5,7);1H. The Bertz CT molecular complexity index is 86.5. The van der Waals surface area contributed by atoms with Crippen LogP contribution >= 0.6 is 24.6 Å². The van der Waals surface area contributed by atoms with E-state index >= 15 is 0 Å². The lowest BCUT2D eigenvalue weighted by molar-refractivity contribution is 0.703. The van der Waals surface area contributed by atoms with E-state index in [-0.39, 0.29) is 12.4 Å². The van der Waals surface area contributed by atoms with Gasteiger partial charge in [0.15, 0.2) is 0 Å². The number of hydrogen-bond donors (Lipinski definition) is 2. The summed E-state index contributed by atoms with van der Waals surface area (Å²) in [5.74, 6) is 0. The molecule has 4 N–H and O–H groups in total. The molecule has 0 atom stereocenters. The molecule has 0 heterocycles. The van der Waals surface area contributed by atoms with Gasteiger partial charge in [0.25, 0.3) is 0 Å². The summed E-state index contributed by atoms with van der Waals surface area (Å²) in [5.41, 5.74) is 10.1. The van der Waals surface area contributed by atoms with E-state index < -0.39 is 5.54 Å². The molecule has 0 spiro atoms. The maximum absolute atomic E-state index is 5.41. The van der Waals surface area contributed by atoms with Gasteiger partial charge in [-0.25, -0.2) is 0 Å². The first-order valence-electron chi connectivity index (χ1n) is 2.03. The van der Waals surface area contributed by atoms with Crippen LogP contribution in [0, 0.1) is 0 Å². The summed E-state index contributed by atoms with van der Waals surface area (Å²) in [6, 6.07) is 0. The van der Waals surface area contributed by atoms with Gasteiger partial charge >= 0.3 is 0 Å². The van der Waals surface area contributed by atoms with Gasteiger partial charge in [-0.1, -0.05) is 12.2 Å². The second-order valence-electron chi connectivity index (χ2n) is 2.09. The van der Waals surface area contributed by atoms with Gasteiger partial charge in [-0.3, -0.25) is 0 Å². The molecule has 0 aromatic carbocycles. The van der Waals surface area contributed by atoms with Gasteiger partial charge < -0.3 is 11.5 Å². The molecule has 0 radical (unpaired) electrons. The Morgan fingerprint density at radius 2 is 1.62 bits per heavy atom. The number of rotatable bonds is 1. The zero-order valence-corrected chi connectivity index (χ0v) is 6.60. The summed E-state index contributed by atoms with van der Waals surface area (Å²) >= 11 is 4.59. The van der Waals surface area contributed by atoms with Crippen LogP contribution in [-0.4, -0.2) is 10.5 Å². The zero-order chi connectivity index (χ0) is 6.08. The van der Waals surface area contributed by atoms with Crippen molar-refractivity contribution >= 4 is 29.6 Å². The number of hydrogen-bond acceptors (Lipinski definition) is 2. The first-order chi connectivity index (χ1) is 2.94. The summed E-state index contributed by atoms with van der Waals surface area (Å²) in [7, 11) is 0. The molecule has 0 saturated carbocycles. The smallest absolute Gasteiger partial charge is 0.0923 e. The summed E-state index contributed by atoms with van der Waals surface area (Å²) in [5, 5.41) is 0. The summed E-state index contributed by atoms with van der Waals surface area (Å²) in [6.45, 7) is 3.55. The molecule has 4 heteroatoms. The molecule has 0 fully saturated rings. The minimum atomic E-state index is -0.491. The van der Waals surface area contributed by atoms with Gasteiger partial charge in [-0.2, -0.15) is 0 Å². The summed E-state index contributed by atoms with van der Waals surface area (Å²) in [4.78, 5) is 0.354. The van der Waals surface area contributed by atoms with Gasteiger partial charge in [-0.15, -0.1) is 12.4 Å². The molecule has 0 aliphatic rings. The van der Waals surface area contributed by atoms with Crippen LogP contribution < -0.4 is 11.5 Å². The quantitative estimate of drug-likeness (QED) is 0.539. The first kappa shape index (κ1) is 11.0. The highest BCUT2D eigenvalue weighted by atomic mass is 35.5. The second kappa shape index (κ2) is 3.22. The van der Waals surface area contributed by atoms with E-state index in [9.17, 15) is 0 Å². The van der Waals surface area contributed by atoms with Gasteiger partial charge in [0.05, 0.1) is 10.5 Å². The minimum absolute atomic E-state index is 0. The summed E-state index contributed by atoms with van der Waals surface area (Å²) in [6.07, 6.45) is 0. The monoisotopic (exact) mass is 154 g/mol. The van der Waals surface area contributed by atoms with Crippen LogP contribution in [-0.2, 0) is 0 Å². The average molecular weight is 155 g/mol. The van der Waals surface area contributed by atoms with Crippen molar-refractivity contribution in [3.63, 3.8) is 0 Å². The average Bonchev–Trinajstić information content (AvgIpc) is 1.31. The van der Waals surface area contributed by atoms with E-state index in [0.717, 1.165) is 0 Å². The van der Waals surface area contributed by atoms with Crippen molar-refractivity contribution in [2.24, 2.45) is 11.5 Å². The van der Waals surface area contributed by atoms with Gasteiger partial charge in [-0.05, 0) is 13.8 Å². The lowest BCUT2D eigenvalue weighted by Crippen LogP contribution is -2.44. The highest BCUT2D eigenvalue weighted by molar-refractivity contribution is 7.80. The normalized spacial score (nSPS) is 9.88. The molecule has 0 aromatic rings. The van der Waals surface area contributed by atoms with Crippen LogP contribution in [0.4, 0.5) is 0 Å². The predicted octanol–water partition coefficient (Wildman–Crippen LogP) is 0.432. The molecule has 0 unspecified atom stereocenters. The van der Waals surface area contributed by atoms with Crippen molar-refractivity contribution in [1.29, 1.82) is 0 Å². The van der Waals surface area contributed by atoms with Crippen LogP contribution in [0.25, 0.3) is 0 Å². The van der Waals surface area contributed by atoms with Gasteiger partial charge in [0.1, 0.15) is 0 Å². The van der Waals surface area contributed by atoms with Gasteiger partial charge in [0.2, 0.25) is 0 Å². The van der Waals surface area contributed by atoms with Crippen molar-refractivity contribution in [3.05, 3.63) is 0 Å². The third-order valence-corrected chi connectivity index (χ3v) is 1.16. The highest BCUT2D eigenvalue weighted by Crippen LogP contribution is 1.93. The Hall–Kier alpha value is 0.140. The van der Waals surface area contributed by atoms with Gasteiger partial charge in [0, 0.05) is 0 Å².